The molecule has 0 spiro atoms. The predicted octanol–water partition coefficient (Wildman–Crippen LogP) is 4.92. The second kappa shape index (κ2) is 9.27. The van der Waals surface area contributed by atoms with Crippen LogP contribution in [0.1, 0.15) is 12.5 Å². The first-order valence-corrected chi connectivity index (χ1v) is 12.6. The first-order chi connectivity index (χ1) is 17.9. The summed E-state index contributed by atoms with van der Waals surface area (Å²) < 4.78 is 51.3. The second-order valence-corrected chi connectivity index (χ2v) is 9.53. The van der Waals surface area contributed by atoms with E-state index in [1.807, 2.05) is 16.7 Å². The summed E-state index contributed by atoms with van der Waals surface area (Å²) >= 11 is 1.18. The van der Waals surface area contributed by atoms with E-state index in [2.05, 4.69) is 30.2 Å². The molecule has 0 bridgehead atoms. The molecule has 1 fully saturated rings. The van der Waals surface area contributed by atoms with Crippen molar-refractivity contribution in [3.8, 4) is 23.0 Å². The molecule has 12 heteroatoms. The molecule has 0 radical (unpaired) electrons. The van der Waals surface area contributed by atoms with E-state index in [1.54, 1.807) is 37.8 Å². The van der Waals surface area contributed by atoms with E-state index in [4.69, 9.17) is 4.74 Å². The summed E-state index contributed by atoms with van der Waals surface area (Å²) in [5.74, 6) is 0.581. The Balaban J connectivity index is 1.55. The normalized spacial score (nSPS) is 14.5. The number of nitrogens with one attached hydrogen (secondary N) is 1. The number of rotatable bonds is 5. The minimum Gasteiger partial charge on any atom is -0.464 e. The first kappa shape index (κ1) is 23.6. The number of hydrogen-bond donors (Lipinski definition) is 1. The Kier molecular flexibility index (Phi) is 5.92. The van der Waals surface area contributed by atoms with Gasteiger partial charge in [0, 0.05) is 49.8 Å². The number of imidazole rings is 1. The van der Waals surface area contributed by atoms with Gasteiger partial charge in [0.15, 0.2) is 5.82 Å². The van der Waals surface area contributed by atoms with E-state index in [-0.39, 0.29) is 27.4 Å². The molecule has 37 heavy (non-hydrogen) atoms. The Bertz CT molecular complexity index is 1560. The van der Waals surface area contributed by atoms with Crippen LogP contribution in [0.3, 0.4) is 0 Å². The summed E-state index contributed by atoms with van der Waals surface area (Å²) in [6.45, 7) is 4.96. The van der Waals surface area contributed by atoms with Gasteiger partial charge >= 0.3 is 12.2 Å². The molecule has 6 rings (SSSR count). The maximum absolute atomic E-state index is 14.4. The molecule has 0 saturated carbocycles. The smallest absolute Gasteiger partial charge is 0.417 e. The van der Waals surface area contributed by atoms with Crippen LogP contribution in [0.4, 0.5) is 19.0 Å². The third-order valence-electron chi connectivity index (χ3n) is 6.21. The van der Waals surface area contributed by atoms with Gasteiger partial charge in [-0.15, -0.1) is 11.3 Å². The fraction of sp³-hybridized carbons (Fsp3) is 0.280. The van der Waals surface area contributed by atoms with Crippen LogP contribution in [0.25, 0.3) is 37.4 Å². The molecule has 0 atom stereocenters. The minimum atomic E-state index is -4.60. The van der Waals surface area contributed by atoms with Crippen molar-refractivity contribution in [2.24, 2.45) is 0 Å². The molecule has 0 amide bonds. The fourth-order valence-corrected chi connectivity index (χ4v) is 5.63. The SMILES string of the molecule is CCOc1nc(N2CCNCC2)c2sc3nc(-c4ccc(-n5ccnc5)cc4)cc(C(F)(F)F)c3c2n1. The number of halogens is 3. The molecule has 4 aromatic heterocycles. The van der Waals surface area contributed by atoms with Gasteiger partial charge in [-0.2, -0.15) is 23.1 Å². The molecule has 190 valence electrons. The van der Waals surface area contributed by atoms with Crippen LogP contribution in [-0.4, -0.2) is 57.3 Å². The van der Waals surface area contributed by atoms with Crippen LogP contribution in [-0.2, 0) is 6.18 Å². The van der Waals surface area contributed by atoms with E-state index in [0.29, 0.717) is 35.8 Å². The molecule has 1 N–H and O–H groups in total. The maximum Gasteiger partial charge on any atom is 0.417 e. The molecule has 0 unspecified atom stereocenters. The number of alkyl halides is 3. The van der Waals surface area contributed by atoms with Crippen molar-refractivity contribution < 1.29 is 17.9 Å². The van der Waals surface area contributed by atoms with Gasteiger partial charge in [-0.3, -0.25) is 0 Å². The number of anilines is 1. The van der Waals surface area contributed by atoms with Crippen molar-refractivity contribution in [2.45, 2.75) is 13.1 Å². The van der Waals surface area contributed by atoms with Gasteiger partial charge in [-0.1, -0.05) is 12.1 Å². The zero-order valence-corrected chi connectivity index (χ0v) is 20.6. The van der Waals surface area contributed by atoms with Crippen molar-refractivity contribution in [1.82, 2.24) is 29.8 Å². The van der Waals surface area contributed by atoms with Gasteiger partial charge in [0.25, 0.3) is 0 Å². The number of piperazine rings is 1. The fourth-order valence-electron chi connectivity index (χ4n) is 4.48. The number of aromatic nitrogens is 5. The maximum atomic E-state index is 14.4. The summed E-state index contributed by atoms with van der Waals surface area (Å²) in [4.78, 5) is 20.0. The Morgan fingerprint density at radius 2 is 1.86 bits per heavy atom. The molecular formula is C25H22F3N7OS. The van der Waals surface area contributed by atoms with Gasteiger partial charge < -0.3 is 19.5 Å². The average Bonchev–Trinajstić information content (AvgIpc) is 3.56. The van der Waals surface area contributed by atoms with E-state index in [9.17, 15) is 13.2 Å². The summed E-state index contributed by atoms with van der Waals surface area (Å²) in [5, 5.41) is 3.27. The van der Waals surface area contributed by atoms with Crippen LogP contribution < -0.4 is 15.0 Å². The Morgan fingerprint density at radius 3 is 2.54 bits per heavy atom. The molecule has 0 aliphatic carbocycles. The zero-order chi connectivity index (χ0) is 25.6. The van der Waals surface area contributed by atoms with Crippen LogP contribution >= 0.6 is 11.3 Å². The zero-order valence-electron chi connectivity index (χ0n) is 19.8. The lowest BCUT2D eigenvalue weighted by Crippen LogP contribution is -2.44. The lowest BCUT2D eigenvalue weighted by atomic mass is 10.1. The number of thiophene rings is 1. The quantitative estimate of drug-likeness (QED) is 0.349. The standard InChI is InChI=1S/C25H22F3N7OS/c1-2-36-24-32-20-19-17(25(26,27)28)13-18(15-3-5-16(6-4-15)35-12-9-30-14-35)31-23(19)37-21(20)22(33-24)34-10-7-29-8-11-34/h3-6,9,12-14,29H,2,7-8,10-11H2,1H3. The summed E-state index contributed by atoms with van der Waals surface area (Å²) in [6, 6.07) is 8.34. The molecule has 5 aromatic rings. The minimum absolute atomic E-state index is 0.0222. The molecule has 1 aliphatic rings. The van der Waals surface area contributed by atoms with Gasteiger partial charge in [-0.25, -0.2) is 9.97 Å². The monoisotopic (exact) mass is 525 g/mol. The number of hydrogen-bond acceptors (Lipinski definition) is 8. The second-order valence-electron chi connectivity index (χ2n) is 8.53. The molecule has 1 saturated heterocycles. The highest BCUT2D eigenvalue weighted by molar-refractivity contribution is 7.26. The molecule has 1 aliphatic heterocycles. The Hall–Kier alpha value is -3.77. The highest BCUT2D eigenvalue weighted by atomic mass is 32.1. The summed E-state index contributed by atoms with van der Waals surface area (Å²) in [5.41, 5.74) is 1.11. The van der Waals surface area contributed by atoms with Crippen molar-refractivity contribution in [2.75, 3.05) is 37.7 Å². The lowest BCUT2D eigenvalue weighted by Gasteiger charge is -2.28. The van der Waals surface area contributed by atoms with Crippen LogP contribution in [0.5, 0.6) is 6.01 Å². The number of nitrogens with zero attached hydrogens (tertiary/aromatic N) is 6. The number of benzene rings is 1. The molecular weight excluding hydrogens is 503 g/mol. The third kappa shape index (κ3) is 4.36. The van der Waals surface area contributed by atoms with Gasteiger partial charge in [0.1, 0.15) is 10.3 Å². The highest BCUT2D eigenvalue weighted by Gasteiger charge is 2.36. The lowest BCUT2D eigenvalue weighted by molar-refractivity contribution is -0.136. The topological polar surface area (TPSA) is 81.0 Å². The van der Waals surface area contributed by atoms with E-state index < -0.39 is 11.7 Å². The van der Waals surface area contributed by atoms with Crippen LogP contribution in [0, 0.1) is 0 Å². The Labute approximate surface area is 213 Å². The van der Waals surface area contributed by atoms with E-state index in [1.165, 1.54) is 11.3 Å². The summed E-state index contributed by atoms with van der Waals surface area (Å²) in [7, 11) is 0. The van der Waals surface area contributed by atoms with Crippen LogP contribution in [0.15, 0.2) is 49.1 Å². The van der Waals surface area contributed by atoms with E-state index in [0.717, 1.165) is 24.8 Å². The third-order valence-corrected chi connectivity index (χ3v) is 7.28. The number of fused-ring (bicyclic) bond motifs is 3. The van der Waals surface area contributed by atoms with Crippen molar-refractivity contribution >= 4 is 37.6 Å². The summed E-state index contributed by atoms with van der Waals surface area (Å²) in [6.07, 6.45) is 0.513. The van der Waals surface area contributed by atoms with Crippen molar-refractivity contribution in [3.63, 3.8) is 0 Å². The Morgan fingerprint density at radius 1 is 1.08 bits per heavy atom. The van der Waals surface area contributed by atoms with Gasteiger partial charge in [0.2, 0.25) is 0 Å². The van der Waals surface area contributed by atoms with Crippen molar-refractivity contribution in [1.29, 1.82) is 0 Å². The predicted molar refractivity (Wildman–Crippen MR) is 137 cm³/mol. The highest BCUT2D eigenvalue weighted by Crippen LogP contribution is 2.45. The molecule has 8 nitrogen and oxygen atoms in total. The largest absolute Gasteiger partial charge is 0.464 e. The molecule has 5 heterocycles. The van der Waals surface area contributed by atoms with Gasteiger partial charge in [-0.05, 0) is 25.1 Å². The van der Waals surface area contributed by atoms with Gasteiger partial charge in [0.05, 0.1) is 34.3 Å². The number of pyridine rings is 1. The van der Waals surface area contributed by atoms with Crippen LogP contribution in [0.2, 0.25) is 0 Å². The first-order valence-electron chi connectivity index (χ1n) is 11.8. The molecule has 1 aromatic carbocycles. The van der Waals surface area contributed by atoms with E-state index >= 15 is 0 Å². The number of ether oxygens (including phenoxy) is 1. The average molecular weight is 526 g/mol. The van der Waals surface area contributed by atoms with Crippen molar-refractivity contribution in [3.05, 3.63) is 54.6 Å².